The molecule has 1 aromatic heterocycles. The fraction of sp³-hybridized carbons (Fsp3) is 0.615. The van der Waals surface area contributed by atoms with Crippen LogP contribution in [0.4, 0.5) is 11.8 Å². The number of anilines is 2. The van der Waals surface area contributed by atoms with Crippen LogP contribution in [-0.2, 0) is 4.79 Å². The Morgan fingerprint density at radius 2 is 2.40 bits per heavy atom. The molecule has 1 saturated heterocycles. The zero-order valence-electron chi connectivity index (χ0n) is 11.8. The van der Waals surface area contributed by atoms with E-state index in [1.165, 1.54) is 0 Å². The monoisotopic (exact) mass is 279 g/mol. The van der Waals surface area contributed by atoms with E-state index >= 15 is 0 Å². The number of aromatic nitrogens is 2. The van der Waals surface area contributed by atoms with Crippen molar-refractivity contribution in [2.45, 2.75) is 32.4 Å². The molecule has 1 amide bonds. The van der Waals surface area contributed by atoms with Gasteiger partial charge in [0.05, 0.1) is 12.6 Å². The Labute approximate surface area is 118 Å². The summed E-state index contributed by atoms with van der Waals surface area (Å²) in [6.07, 6.45) is 1.91. The first-order valence-corrected chi connectivity index (χ1v) is 6.84. The average molecular weight is 279 g/mol. The predicted molar refractivity (Wildman–Crippen MR) is 76.5 cm³/mol. The molecular formula is C13H21N5O2. The van der Waals surface area contributed by atoms with Gasteiger partial charge in [-0.05, 0) is 26.3 Å². The van der Waals surface area contributed by atoms with Gasteiger partial charge in [0.15, 0.2) is 0 Å². The number of carbonyl (C=O) groups is 1. The number of hydrogen-bond acceptors (Lipinski definition) is 6. The van der Waals surface area contributed by atoms with Gasteiger partial charge in [0.2, 0.25) is 11.9 Å². The summed E-state index contributed by atoms with van der Waals surface area (Å²) in [7, 11) is 0. The highest BCUT2D eigenvalue weighted by Gasteiger charge is 2.24. The fourth-order valence-corrected chi connectivity index (χ4v) is 2.03. The van der Waals surface area contributed by atoms with Crippen LogP contribution in [0.2, 0.25) is 0 Å². The molecule has 3 N–H and O–H groups in total. The largest absolute Gasteiger partial charge is 0.391 e. The molecule has 1 fully saturated rings. The van der Waals surface area contributed by atoms with Gasteiger partial charge in [-0.15, -0.1) is 0 Å². The summed E-state index contributed by atoms with van der Waals surface area (Å²) in [5.41, 5.74) is 0. The lowest BCUT2D eigenvalue weighted by atomic mass is 10.3. The Balaban J connectivity index is 1.85. The van der Waals surface area contributed by atoms with Gasteiger partial charge in [-0.3, -0.25) is 4.79 Å². The van der Waals surface area contributed by atoms with E-state index < -0.39 is 0 Å². The van der Waals surface area contributed by atoms with Crippen LogP contribution in [0.25, 0.3) is 0 Å². The van der Waals surface area contributed by atoms with Gasteiger partial charge in [0.1, 0.15) is 5.82 Å². The smallest absolute Gasteiger partial charge is 0.242 e. The number of β-amino-alcohol motifs (C(OH)–C–C–N with tert-alkyl or cyclic N) is 1. The number of amides is 1. The molecule has 1 aliphatic rings. The molecular weight excluding hydrogens is 258 g/mol. The van der Waals surface area contributed by atoms with E-state index in [1.807, 2.05) is 13.8 Å². The molecule has 110 valence electrons. The lowest BCUT2D eigenvalue weighted by Crippen LogP contribution is -2.34. The number of aliphatic hydroxyl groups is 1. The van der Waals surface area contributed by atoms with E-state index in [0.29, 0.717) is 31.3 Å². The van der Waals surface area contributed by atoms with Gasteiger partial charge in [-0.1, -0.05) is 0 Å². The Morgan fingerprint density at radius 3 is 3.05 bits per heavy atom. The van der Waals surface area contributed by atoms with Crippen LogP contribution in [0.1, 0.15) is 20.3 Å². The minimum atomic E-state index is -0.389. The predicted octanol–water partition coefficient (Wildman–Crippen LogP) is 0.302. The van der Waals surface area contributed by atoms with Crippen LogP contribution in [0, 0.1) is 0 Å². The Kier molecular flexibility index (Phi) is 4.73. The van der Waals surface area contributed by atoms with Crippen molar-refractivity contribution in [3.63, 3.8) is 0 Å². The molecule has 0 aromatic carbocycles. The maximum Gasteiger partial charge on any atom is 0.242 e. The van der Waals surface area contributed by atoms with E-state index in [-0.39, 0.29) is 24.6 Å². The van der Waals surface area contributed by atoms with Crippen molar-refractivity contribution in [1.29, 1.82) is 0 Å². The molecule has 0 spiro atoms. The van der Waals surface area contributed by atoms with E-state index in [1.54, 1.807) is 17.2 Å². The van der Waals surface area contributed by atoms with Crippen molar-refractivity contribution in [2.75, 3.05) is 30.3 Å². The van der Waals surface area contributed by atoms with E-state index in [9.17, 15) is 9.90 Å². The molecule has 0 saturated carbocycles. The first-order chi connectivity index (χ1) is 9.54. The lowest BCUT2D eigenvalue weighted by Gasteiger charge is -2.16. The van der Waals surface area contributed by atoms with Crippen LogP contribution in [0.5, 0.6) is 0 Å². The summed E-state index contributed by atoms with van der Waals surface area (Å²) in [5, 5.41) is 15.5. The molecule has 7 heteroatoms. The normalized spacial score (nSPS) is 18.4. The molecule has 1 unspecified atom stereocenters. The molecule has 0 bridgehead atoms. The summed E-state index contributed by atoms with van der Waals surface area (Å²) in [5.74, 6) is 1.11. The summed E-state index contributed by atoms with van der Waals surface area (Å²) in [4.78, 5) is 22.0. The topological polar surface area (TPSA) is 90.4 Å². The number of hydrogen-bond donors (Lipinski definition) is 3. The maximum absolute atomic E-state index is 11.9. The van der Waals surface area contributed by atoms with Gasteiger partial charge < -0.3 is 20.6 Å². The summed E-state index contributed by atoms with van der Waals surface area (Å²) < 4.78 is 0. The second-order valence-electron chi connectivity index (χ2n) is 5.20. The fourth-order valence-electron chi connectivity index (χ4n) is 2.03. The highest BCUT2D eigenvalue weighted by Crippen LogP contribution is 2.10. The van der Waals surface area contributed by atoms with Crippen LogP contribution in [0.3, 0.4) is 0 Å². The van der Waals surface area contributed by atoms with Crippen molar-refractivity contribution in [3.8, 4) is 0 Å². The van der Waals surface area contributed by atoms with E-state index in [4.69, 9.17) is 0 Å². The van der Waals surface area contributed by atoms with Gasteiger partial charge in [-0.25, -0.2) is 4.98 Å². The standard InChI is InChI=1S/C13H21N5O2/c1-9(2)16-13-14-5-3-11(17-13)15-7-12(20)18-6-4-10(19)8-18/h3,5,9-10,19H,4,6-8H2,1-2H3,(H2,14,15,16,17). The van der Waals surface area contributed by atoms with Crippen molar-refractivity contribution in [2.24, 2.45) is 0 Å². The molecule has 0 radical (unpaired) electrons. The third-order valence-electron chi connectivity index (χ3n) is 3.01. The molecule has 0 aliphatic carbocycles. The Bertz CT molecular complexity index is 466. The van der Waals surface area contributed by atoms with Crippen LogP contribution < -0.4 is 10.6 Å². The van der Waals surface area contributed by atoms with Crippen molar-refractivity contribution < 1.29 is 9.90 Å². The number of nitrogens with zero attached hydrogens (tertiary/aromatic N) is 3. The molecule has 20 heavy (non-hydrogen) atoms. The van der Waals surface area contributed by atoms with Gasteiger partial charge in [0.25, 0.3) is 0 Å². The molecule has 2 heterocycles. The van der Waals surface area contributed by atoms with Crippen molar-refractivity contribution in [1.82, 2.24) is 14.9 Å². The van der Waals surface area contributed by atoms with E-state index in [2.05, 4.69) is 20.6 Å². The zero-order chi connectivity index (χ0) is 14.5. The van der Waals surface area contributed by atoms with Gasteiger partial charge in [0, 0.05) is 25.3 Å². The first kappa shape index (κ1) is 14.5. The summed E-state index contributed by atoms with van der Waals surface area (Å²) >= 11 is 0. The molecule has 1 aliphatic heterocycles. The number of nitrogens with one attached hydrogen (secondary N) is 2. The number of carbonyl (C=O) groups excluding carboxylic acids is 1. The maximum atomic E-state index is 11.9. The highest BCUT2D eigenvalue weighted by atomic mass is 16.3. The Hall–Kier alpha value is -1.89. The Morgan fingerprint density at radius 1 is 1.60 bits per heavy atom. The van der Waals surface area contributed by atoms with Crippen molar-refractivity contribution >= 4 is 17.7 Å². The number of rotatable bonds is 5. The first-order valence-electron chi connectivity index (χ1n) is 6.84. The van der Waals surface area contributed by atoms with Crippen LogP contribution in [-0.4, -0.2) is 57.7 Å². The van der Waals surface area contributed by atoms with Gasteiger partial charge in [-0.2, -0.15) is 4.98 Å². The van der Waals surface area contributed by atoms with E-state index in [0.717, 1.165) is 0 Å². The highest BCUT2D eigenvalue weighted by molar-refractivity contribution is 5.80. The summed E-state index contributed by atoms with van der Waals surface area (Å²) in [6.45, 7) is 5.22. The third kappa shape index (κ3) is 4.06. The third-order valence-corrected chi connectivity index (χ3v) is 3.01. The number of aliphatic hydroxyl groups excluding tert-OH is 1. The average Bonchev–Trinajstić information content (AvgIpc) is 2.82. The number of likely N-dealkylation sites (tertiary alicyclic amines) is 1. The molecule has 7 nitrogen and oxygen atoms in total. The molecule has 1 aromatic rings. The molecule has 1 atom stereocenters. The second kappa shape index (κ2) is 6.51. The van der Waals surface area contributed by atoms with Crippen molar-refractivity contribution in [3.05, 3.63) is 12.3 Å². The minimum absolute atomic E-state index is 0.0291. The summed E-state index contributed by atoms with van der Waals surface area (Å²) in [6, 6.07) is 1.97. The zero-order valence-corrected chi connectivity index (χ0v) is 11.8. The van der Waals surface area contributed by atoms with Crippen LogP contribution >= 0.6 is 0 Å². The quantitative estimate of drug-likeness (QED) is 0.718. The minimum Gasteiger partial charge on any atom is -0.391 e. The molecule has 2 rings (SSSR count). The second-order valence-corrected chi connectivity index (χ2v) is 5.20. The lowest BCUT2D eigenvalue weighted by molar-refractivity contribution is -0.128. The van der Waals surface area contributed by atoms with Gasteiger partial charge >= 0.3 is 0 Å². The SMILES string of the molecule is CC(C)Nc1nccc(NCC(=O)N2CCC(O)C2)n1. The van der Waals surface area contributed by atoms with Crippen LogP contribution in [0.15, 0.2) is 12.3 Å².